The zero-order valence-corrected chi connectivity index (χ0v) is 8.75. The molecule has 0 amide bonds. The van der Waals surface area contributed by atoms with Crippen molar-refractivity contribution >= 4 is 27.3 Å². The monoisotopic (exact) mass is 279 g/mol. The minimum Gasteiger partial charge on any atom is -0.266 e. The normalized spacial score (nSPS) is 6.67. The van der Waals surface area contributed by atoms with Crippen LogP contribution in [0.5, 0.6) is 0 Å². The van der Waals surface area contributed by atoms with Crippen LogP contribution >= 0.6 is 0 Å². The third kappa shape index (κ3) is 1.49. The summed E-state index contributed by atoms with van der Waals surface area (Å²) in [7, 11) is 0. The first-order chi connectivity index (χ1) is 2.50. The number of H-pyrrole nitrogens is 1. The van der Waals surface area contributed by atoms with Gasteiger partial charge in [0.2, 0.25) is 0 Å². The van der Waals surface area contributed by atoms with Gasteiger partial charge in [0.1, 0.15) is 0 Å². The van der Waals surface area contributed by atoms with Crippen LogP contribution in [0.1, 0.15) is 0 Å². The molecule has 0 atom stereocenters. The van der Waals surface area contributed by atoms with E-state index in [0.29, 0.717) is 0 Å². The predicted molar refractivity (Wildman–Crippen MR) is 24.9 cm³/mol. The van der Waals surface area contributed by atoms with Crippen molar-refractivity contribution < 1.29 is 0 Å². The summed E-state index contributed by atoms with van der Waals surface area (Å²) in [6.45, 7) is 0. The van der Waals surface area contributed by atoms with Crippen LogP contribution in [0.2, 0.25) is 0 Å². The summed E-state index contributed by atoms with van der Waals surface area (Å²) in [6.07, 6.45) is 3.24. The zero-order chi connectivity index (χ0) is 3.54. The number of aromatic nitrogens is 3. The number of rotatable bonds is 0. The van der Waals surface area contributed by atoms with Crippen molar-refractivity contribution in [1.82, 2.24) is 15.4 Å². The Bertz CT molecular complexity index is 65.3. The van der Waals surface area contributed by atoms with Gasteiger partial charge in [-0.2, -0.15) is 0 Å². The van der Waals surface area contributed by atoms with Gasteiger partial charge in [-0.15, -0.1) is 5.10 Å². The molecule has 0 aliphatic rings. The molecule has 1 N–H and O–H groups in total. The fraction of sp³-hybridized carbons (Fsp3) is 0. The maximum absolute atomic E-state index is 3.42. The average Bonchev–Trinajstić information content (AvgIpc) is 1.76. The van der Waals surface area contributed by atoms with Gasteiger partial charge in [0, 0.05) is 6.20 Å². The molecule has 1 aromatic rings. The molecule has 1 rings (SSSR count). The number of hydrogen-bond acceptors (Lipinski definition) is 2. The molecule has 0 aromatic carbocycles. The van der Waals surface area contributed by atoms with Gasteiger partial charge in [-0.25, -0.2) is 0 Å². The number of nitrogens with zero attached hydrogens (tertiary/aromatic N) is 2. The second kappa shape index (κ2) is 3.26. The van der Waals surface area contributed by atoms with Crippen molar-refractivity contribution in [3.8, 4) is 0 Å². The molecule has 6 heavy (non-hydrogen) atoms. The number of hydrogen-bond donors (Lipinski definition) is 1. The van der Waals surface area contributed by atoms with Crippen LogP contribution in [0.25, 0.3) is 0 Å². The fourth-order valence-corrected chi connectivity index (χ4v) is 0.167. The Morgan fingerprint density at radius 1 is 1.50 bits per heavy atom. The molecule has 1 aromatic heterocycles. The van der Waals surface area contributed by atoms with Crippen LogP contribution in [0, 0.1) is 0 Å². The summed E-state index contributed by atoms with van der Waals surface area (Å²) in [5.41, 5.74) is 0. The Labute approximate surface area is 55.3 Å². The molecule has 0 spiro atoms. The Morgan fingerprint density at radius 3 is 2.50 bits per heavy atom. The van der Waals surface area contributed by atoms with E-state index in [0.717, 1.165) is 0 Å². The molecule has 0 aliphatic carbocycles. The molecule has 4 heteroatoms. The number of aromatic amines is 1. The molecule has 2 radical (unpaired) electrons. The van der Waals surface area contributed by atoms with E-state index in [1.807, 2.05) is 0 Å². The van der Waals surface area contributed by atoms with E-state index in [4.69, 9.17) is 0 Å². The molecule has 3 nitrogen and oxygen atoms in total. The summed E-state index contributed by atoms with van der Waals surface area (Å²) < 4.78 is 0. The van der Waals surface area contributed by atoms with Gasteiger partial charge in [-0.3, -0.25) is 5.10 Å². The minimum atomic E-state index is 0. The Kier molecular flexibility index (Phi) is 3.29. The Hall–Kier alpha value is 0.0621. The minimum absolute atomic E-state index is 0. The van der Waals surface area contributed by atoms with Crippen molar-refractivity contribution in [2.75, 3.05) is 0 Å². The fourth-order valence-electron chi connectivity index (χ4n) is 0.167. The molecule has 0 saturated heterocycles. The van der Waals surface area contributed by atoms with E-state index in [9.17, 15) is 0 Å². The molecule has 0 bridgehead atoms. The largest absolute Gasteiger partial charge is 0.266 e. The summed E-state index contributed by atoms with van der Waals surface area (Å²) in [6, 6.07) is 0. The molecule has 0 aliphatic heterocycles. The van der Waals surface area contributed by atoms with Crippen LogP contribution in [0.4, 0.5) is 0 Å². The van der Waals surface area contributed by atoms with E-state index in [2.05, 4.69) is 15.4 Å². The van der Waals surface area contributed by atoms with Gasteiger partial charge in [0.25, 0.3) is 0 Å². The van der Waals surface area contributed by atoms with Crippen LogP contribution in [0.15, 0.2) is 12.4 Å². The zero-order valence-electron chi connectivity index (χ0n) is 3.26. The van der Waals surface area contributed by atoms with E-state index in [-0.39, 0.29) is 27.3 Å². The molecular weight excluding hydrogens is 273 g/mol. The van der Waals surface area contributed by atoms with Crippen molar-refractivity contribution in [2.45, 2.75) is 0 Å². The van der Waals surface area contributed by atoms with Gasteiger partial charge in [-0.1, -0.05) is 5.21 Å². The third-order valence-electron chi connectivity index (χ3n) is 0.331. The predicted octanol–water partition coefficient (Wildman–Crippen LogP) is -1.11. The van der Waals surface area contributed by atoms with Gasteiger partial charge in [0.05, 0.1) is 6.20 Å². The first-order valence-electron chi connectivity index (χ1n) is 1.30. The average molecular weight is 278 g/mol. The smallest absolute Gasteiger partial charge is 0.0690 e. The van der Waals surface area contributed by atoms with Crippen LogP contribution in [0.3, 0.4) is 0 Å². The van der Waals surface area contributed by atoms with Crippen LogP contribution < -0.4 is 0 Å². The molecular formula is C2H5N3Pb. The van der Waals surface area contributed by atoms with Crippen molar-refractivity contribution in [2.24, 2.45) is 0 Å². The Balaban J connectivity index is 0.000000250. The molecule has 0 unspecified atom stereocenters. The summed E-state index contributed by atoms with van der Waals surface area (Å²) in [5.74, 6) is 0. The van der Waals surface area contributed by atoms with E-state index >= 15 is 0 Å². The topological polar surface area (TPSA) is 41.6 Å². The van der Waals surface area contributed by atoms with E-state index < -0.39 is 0 Å². The SMILES string of the molecule is [PbH2].c1c[nH]nn1. The van der Waals surface area contributed by atoms with Gasteiger partial charge < -0.3 is 0 Å². The third-order valence-corrected chi connectivity index (χ3v) is 0.331. The van der Waals surface area contributed by atoms with Crippen molar-refractivity contribution in [1.29, 1.82) is 0 Å². The molecule has 32 valence electrons. The first kappa shape index (κ1) is 6.06. The summed E-state index contributed by atoms with van der Waals surface area (Å²) in [5, 5.41) is 9.26. The van der Waals surface area contributed by atoms with Gasteiger partial charge >= 0.3 is 27.3 Å². The molecule has 0 saturated carbocycles. The second-order valence-corrected chi connectivity index (χ2v) is 0.660. The van der Waals surface area contributed by atoms with E-state index in [1.54, 1.807) is 12.4 Å². The standard InChI is InChI=1S/C2H3N3.Pb.2H/c1-2-4-5-3-1;;;/h1-2H,(H,3,4,5);;;. The molecule has 1 heterocycles. The van der Waals surface area contributed by atoms with Crippen LogP contribution in [-0.4, -0.2) is 42.7 Å². The summed E-state index contributed by atoms with van der Waals surface area (Å²) >= 11 is 0. The first-order valence-corrected chi connectivity index (χ1v) is 1.30. The van der Waals surface area contributed by atoms with Crippen LogP contribution in [-0.2, 0) is 0 Å². The van der Waals surface area contributed by atoms with E-state index in [1.165, 1.54) is 0 Å². The van der Waals surface area contributed by atoms with Crippen molar-refractivity contribution in [3.05, 3.63) is 12.4 Å². The maximum atomic E-state index is 3.42. The van der Waals surface area contributed by atoms with Gasteiger partial charge in [-0.05, 0) is 0 Å². The Morgan fingerprint density at radius 2 is 2.33 bits per heavy atom. The second-order valence-electron chi connectivity index (χ2n) is 0.660. The maximum Gasteiger partial charge on any atom is 0.0690 e. The van der Waals surface area contributed by atoms with Gasteiger partial charge in [0.15, 0.2) is 0 Å². The van der Waals surface area contributed by atoms with Crippen molar-refractivity contribution in [3.63, 3.8) is 0 Å². The summed E-state index contributed by atoms with van der Waals surface area (Å²) in [4.78, 5) is 0. The quantitative estimate of drug-likeness (QED) is 0.611. The number of nitrogens with one attached hydrogen (secondary N) is 1. The molecule has 0 fully saturated rings.